The van der Waals surface area contributed by atoms with Crippen molar-refractivity contribution < 1.29 is 9.47 Å². The van der Waals surface area contributed by atoms with Crippen molar-refractivity contribution in [1.82, 2.24) is 5.32 Å². The zero-order valence-electron chi connectivity index (χ0n) is 10.9. The van der Waals surface area contributed by atoms with E-state index >= 15 is 0 Å². The summed E-state index contributed by atoms with van der Waals surface area (Å²) < 4.78 is 10.9. The monoisotopic (exact) mass is 277 g/mol. The van der Waals surface area contributed by atoms with E-state index in [1.54, 1.807) is 7.11 Å². The molecule has 100 valence electrons. The molecule has 2 aromatic carbocycles. The molecule has 19 heavy (non-hydrogen) atoms. The molecule has 2 rings (SSSR count). The molecule has 0 bridgehead atoms. The Hall–Kier alpha value is -1.71. The first kappa shape index (κ1) is 13.7. The van der Waals surface area contributed by atoms with Crippen molar-refractivity contribution in [3.63, 3.8) is 0 Å². The molecular formula is C15H16ClNO2. The molecule has 0 saturated heterocycles. The molecule has 4 heteroatoms. The van der Waals surface area contributed by atoms with Crippen LogP contribution in [-0.4, -0.2) is 14.2 Å². The zero-order chi connectivity index (χ0) is 13.7. The van der Waals surface area contributed by atoms with Crippen molar-refractivity contribution in [2.24, 2.45) is 0 Å². The van der Waals surface area contributed by atoms with Gasteiger partial charge in [-0.25, -0.2) is 0 Å². The number of halogens is 1. The quantitative estimate of drug-likeness (QED) is 0.900. The number of methoxy groups -OCH3 is 1. The molecular weight excluding hydrogens is 262 g/mol. The second kappa shape index (κ2) is 6.45. The molecule has 0 aliphatic heterocycles. The molecule has 0 amide bonds. The molecule has 0 aliphatic rings. The fourth-order valence-corrected chi connectivity index (χ4v) is 1.96. The highest BCUT2D eigenvalue weighted by Gasteiger charge is 2.04. The summed E-state index contributed by atoms with van der Waals surface area (Å²) in [4.78, 5) is 0. The molecule has 0 fully saturated rings. The zero-order valence-corrected chi connectivity index (χ0v) is 11.7. The third-order valence-electron chi connectivity index (χ3n) is 2.67. The van der Waals surface area contributed by atoms with E-state index in [-0.39, 0.29) is 0 Å². The Bertz CT molecular complexity index is 558. The van der Waals surface area contributed by atoms with Gasteiger partial charge in [0, 0.05) is 17.6 Å². The summed E-state index contributed by atoms with van der Waals surface area (Å²) in [7, 11) is 3.51. The van der Waals surface area contributed by atoms with Crippen molar-refractivity contribution in [2.45, 2.75) is 6.54 Å². The normalized spacial score (nSPS) is 10.3. The minimum atomic E-state index is 0.690. The minimum absolute atomic E-state index is 0.690. The molecule has 2 aromatic rings. The lowest BCUT2D eigenvalue weighted by molar-refractivity contribution is 0.409. The van der Waals surface area contributed by atoms with Crippen LogP contribution >= 0.6 is 11.6 Å². The molecule has 3 nitrogen and oxygen atoms in total. The molecule has 0 aliphatic carbocycles. The molecule has 0 aromatic heterocycles. The van der Waals surface area contributed by atoms with E-state index in [4.69, 9.17) is 21.1 Å². The topological polar surface area (TPSA) is 30.5 Å². The number of ether oxygens (including phenoxy) is 2. The first-order chi connectivity index (χ1) is 9.22. The lowest BCUT2D eigenvalue weighted by Crippen LogP contribution is -2.05. The van der Waals surface area contributed by atoms with Gasteiger partial charge in [0.1, 0.15) is 17.2 Å². The first-order valence-electron chi connectivity index (χ1n) is 5.98. The summed E-state index contributed by atoms with van der Waals surface area (Å²) in [6, 6.07) is 13.1. The van der Waals surface area contributed by atoms with Crippen LogP contribution < -0.4 is 14.8 Å². The van der Waals surface area contributed by atoms with Gasteiger partial charge in [-0.2, -0.15) is 0 Å². The number of benzene rings is 2. The summed E-state index contributed by atoms with van der Waals surface area (Å²) in [5.74, 6) is 2.19. The van der Waals surface area contributed by atoms with Crippen LogP contribution in [-0.2, 0) is 6.54 Å². The van der Waals surface area contributed by atoms with Gasteiger partial charge in [-0.1, -0.05) is 23.7 Å². The van der Waals surface area contributed by atoms with Crippen LogP contribution in [0.4, 0.5) is 0 Å². The van der Waals surface area contributed by atoms with Gasteiger partial charge in [-0.05, 0) is 36.9 Å². The van der Waals surface area contributed by atoms with Crippen LogP contribution in [0, 0.1) is 0 Å². The number of hydrogen-bond acceptors (Lipinski definition) is 3. The molecule has 0 unspecified atom stereocenters. The standard InChI is InChI=1S/C15H16ClNO2/c1-17-10-11-6-7-14(9-15(11)16)19-13-5-3-4-12(8-13)18-2/h3-9,17H,10H2,1-2H3. The van der Waals surface area contributed by atoms with Crippen LogP contribution in [0.2, 0.25) is 5.02 Å². The van der Waals surface area contributed by atoms with E-state index in [9.17, 15) is 0 Å². The second-order valence-electron chi connectivity index (χ2n) is 4.06. The molecule has 0 saturated carbocycles. The summed E-state index contributed by atoms with van der Waals surface area (Å²) in [6.45, 7) is 0.734. The van der Waals surface area contributed by atoms with Crippen molar-refractivity contribution in [3.05, 3.63) is 53.1 Å². The second-order valence-corrected chi connectivity index (χ2v) is 4.47. The Morgan fingerprint density at radius 3 is 2.47 bits per heavy atom. The summed E-state index contributed by atoms with van der Waals surface area (Å²) in [5.41, 5.74) is 1.04. The van der Waals surface area contributed by atoms with Gasteiger partial charge >= 0.3 is 0 Å². The molecule has 0 atom stereocenters. The van der Waals surface area contributed by atoms with Crippen molar-refractivity contribution in [2.75, 3.05) is 14.2 Å². The van der Waals surface area contributed by atoms with E-state index < -0.39 is 0 Å². The highest BCUT2D eigenvalue weighted by molar-refractivity contribution is 6.31. The maximum Gasteiger partial charge on any atom is 0.131 e. The Morgan fingerprint density at radius 1 is 1.05 bits per heavy atom. The van der Waals surface area contributed by atoms with E-state index in [2.05, 4.69) is 5.32 Å². The van der Waals surface area contributed by atoms with Gasteiger partial charge in [-0.15, -0.1) is 0 Å². The fourth-order valence-electron chi connectivity index (χ4n) is 1.73. The number of rotatable bonds is 5. The summed E-state index contributed by atoms with van der Waals surface area (Å²) >= 11 is 6.19. The Balaban J connectivity index is 2.16. The predicted octanol–water partition coefficient (Wildman–Crippen LogP) is 3.86. The van der Waals surface area contributed by atoms with Gasteiger partial charge in [0.2, 0.25) is 0 Å². The van der Waals surface area contributed by atoms with Gasteiger partial charge in [0.05, 0.1) is 7.11 Å². The minimum Gasteiger partial charge on any atom is -0.497 e. The van der Waals surface area contributed by atoms with E-state index in [1.165, 1.54) is 0 Å². The lowest BCUT2D eigenvalue weighted by Gasteiger charge is -2.09. The molecule has 0 heterocycles. The Morgan fingerprint density at radius 2 is 1.79 bits per heavy atom. The van der Waals surface area contributed by atoms with Crippen LogP contribution in [0.25, 0.3) is 0 Å². The largest absolute Gasteiger partial charge is 0.497 e. The van der Waals surface area contributed by atoms with Gasteiger partial charge in [0.15, 0.2) is 0 Å². The summed E-state index contributed by atoms with van der Waals surface area (Å²) in [5, 5.41) is 3.76. The van der Waals surface area contributed by atoms with E-state index in [1.807, 2.05) is 49.5 Å². The smallest absolute Gasteiger partial charge is 0.131 e. The van der Waals surface area contributed by atoms with Crippen molar-refractivity contribution in [3.8, 4) is 17.2 Å². The van der Waals surface area contributed by atoms with Gasteiger partial charge in [0.25, 0.3) is 0 Å². The molecule has 0 spiro atoms. The third-order valence-corrected chi connectivity index (χ3v) is 3.02. The van der Waals surface area contributed by atoms with E-state index in [0.29, 0.717) is 10.8 Å². The molecule has 0 radical (unpaired) electrons. The van der Waals surface area contributed by atoms with Crippen molar-refractivity contribution in [1.29, 1.82) is 0 Å². The number of hydrogen-bond donors (Lipinski definition) is 1. The predicted molar refractivity (Wildman–Crippen MR) is 77.3 cm³/mol. The average molecular weight is 278 g/mol. The SMILES string of the molecule is CNCc1ccc(Oc2cccc(OC)c2)cc1Cl. The summed E-state index contributed by atoms with van der Waals surface area (Å²) in [6.07, 6.45) is 0. The lowest BCUT2D eigenvalue weighted by atomic mass is 10.2. The van der Waals surface area contributed by atoms with Crippen molar-refractivity contribution >= 4 is 11.6 Å². The van der Waals surface area contributed by atoms with Crippen LogP contribution in [0.1, 0.15) is 5.56 Å². The maximum absolute atomic E-state index is 6.19. The van der Waals surface area contributed by atoms with Gasteiger partial charge < -0.3 is 14.8 Å². The van der Waals surface area contributed by atoms with Crippen LogP contribution in [0.5, 0.6) is 17.2 Å². The van der Waals surface area contributed by atoms with Crippen LogP contribution in [0.15, 0.2) is 42.5 Å². The van der Waals surface area contributed by atoms with Crippen LogP contribution in [0.3, 0.4) is 0 Å². The third kappa shape index (κ3) is 3.63. The Labute approximate surface area is 118 Å². The van der Waals surface area contributed by atoms with Gasteiger partial charge in [-0.3, -0.25) is 0 Å². The number of nitrogens with one attached hydrogen (secondary N) is 1. The average Bonchev–Trinajstić information content (AvgIpc) is 2.42. The highest BCUT2D eigenvalue weighted by atomic mass is 35.5. The first-order valence-corrected chi connectivity index (χ1v) is 6.35. The van der Waals surface area contributed by atoms with E-state index in [0.717, 1.165) is 23.6 Å². The molecule has 1 N–H and O–H groups in total. The Kier molecular flexibility index (Phi) is 4.66. The fraction of sp³-hybridized carbons (Fsp3) is 0.200. The highest BCUT2D eigenvalue weighted by Crippen LogP contribution is 2.28. The maximum atomic E-state index is 6.19.